The van der Waals surface area contributed by atoms with Crippen LogP contribution in [0.3, 0.4) is 0 Å². The summed E-state index contributed by atoms with van der Waals surface area (Å²) < 4.78 is 1.05. The molecule has 0 N–H and O–H groups in total. The topological polar surface area (TPSA) is 79.6 Å². The minimum Gasteiger partial charge on any atom is -0.309 e. The summed E-state index contributed by atoms with van der Waals surface area (Å²) in [5.41, 5.74) is 2.78. The average molecular weight is 425 g/mol. The third-order valence-electron chi connectivity index (χ3n) is 4.54. The normalized spacial score (nSPS) is 11.5. The minimum atomic E-state index is -0.444. The van der Waals surface area contributed by atoms with Crippen LogP contribution < -0.4 is 4.90 Å². The molecule has 2 aromatic carbocycles. The minimum absolute atomic E-state index is 0.0218. The number of nitrogens with zero attached hydrogens (tertiary/aromatic N) is 4. The third-order valence-corrected chi connectivity index (χ3v) is 5.58. The standard InChI is InChI=1S/C22H24N4O3S/c1-16-5-11-19-20(15-16)30-22(23-19)25(14-4-13-24(2)3)21(27)12-8-17-6-9-18(10-7-17)26(28)29/h5-12,15H,4,13-14H2,1-3H3. The first-order valence-corrected chi connectivity index (χ1v) is 10.4. The quantitative estimate of drug-likeness (QED) is 0.302. The first-order valence-electron chi connectivity index (χ1n) is 9.59. The van der Waals surface area contributed by atoms with E-state index in [0.29, 0.717) is 11.7 Å². The van der Waals surface area contributed by atoms with E-state index in [1.165, 1.54) is 29.5 Å². The second kappa shape index (κ2) is 9.60. The van der Waals surface area contributed by atoms with Crippen LogP contribution in [0.1, 0.15) is 17.5 Å². The van der Waals surface area contributed by atoms with Gasteiger partial charge >= 0.3 is 0 Å². The summed E-state index contributed by atoms with van der Waals surface area (Å²) in [5, 5.41) is 11.5. The van der Waals surface area contributed by atoms with Gasteiger partial charge in [0.15, 0.2) is 5.13 Å². The molecule has 0 saturated heterocycles. The van der Waals surface area contributed by atoms with E-state index in [-0.39, 0.29) is 11.6 Å². The van der Waals surface area contributed by atoms with Crippen LogP contribution in [0.15, 0.2) is 48.5 Å². The molecular weight excluding hydrogens is 400 g/mol. The molecule has 3 rings (SSSR count). The monoisotopic (exact) mass is 424 g/mol. The van der Waals surface area contributed by atoms with E-state index in [2.05, 4.69) is 16.0 Å². The zero-order valence-corrected chi connectivity index (χ0v) is 18.1. The molecule has 0 aliphatic heterocycles. The van der Waals surface area contributed by atoms with Gasteiger partial charge in [-0.15, -0.1) is 0 Å². The highest BCUT2D eigenvalue weighted by Gasteiger charge is 2.18. The zero-order chi connectivity index (χ0) is 21.7. The Morgan fingerprint density at radius 1 is 1.17 bits per heavy atom. The van der Waals surface area contributed by atoms with Crippen LogP contribution in [-0.4, -0.2) is 47.9 Å². The number of aryl methyl sites for hydroxylation is 1. The fraction of sp³-hybridized carbons (Fsp3) is 0.273. The Hall–Kier alpha value is -3.10. The summed E-state index contributed by atoms with van der Waals surface area (Å²) >= 11 is 1.51. The van der Waals surface area contributed by atoms with Crippen LogP contribution in [0.5, 0.6) is 0 Å². The molecule has 0 radical (unpaired) electrons. The summed E-state index contributed by atoms with van der Waals surface area (Å²) in [7, 11) is 4.00. The van der Waals surface area contributed by atoms with Gasteiger partial charge in [-0.05, 0) is 75.5 Å². The number of anilines is 1. The van der Waals surface area contributed by atoms with Crippen molar-refractivity contribution in [3.63, 3.8) is 0 Å². The molecule has 1 amide bonds. The average Bonchev–Trinajstić information content (AvgIpc) is 3.12. The fourth-order valence-corrected chi connectivity index (χ4v) is 4.04. The highest BCUT2D eigenvalue weighted by molar-refractivity contribution is 7.22. The van der Waals surface area contributed by atoms with E-state index in [9.17, 15) is 14.9 Å². The number of hydrogen-bond donors (Lipinski definition) is 0. The van der Waals surface area contributed by atoms with Gasteiger partial charge in [0.2, 0.25) is 0 Å². The molecule has 3 aromatic rings. The molecule has 1 heterocycles. The highest BCUT2D eigenvalue weighted by Crippen LogP contribution is 2.30. The number of amides is 1. The summed E-state index contributed by atoms with van der Waals surface area (Å²) in [5.74, 6) is -0.164. The third kappa shape index (κ3) is 5.49. The van der Waals surface area contributed by atoms with E-state index in [4.69, 9.17) is 0 Å². The van der Waals surface area contributed by atoms with Gasteiger partial charge in [-0.3, -0.25) is 19.8 Å². The van der Waals surface area contributed by atoms with E-state index in [1.807, 2.05) is 33.2 Å². The van der Waals surface area contributed by atoms with Crippen molar-refractivity contribution in [1.29, 1.82) is 0 Å². The number of non-ortho nitro benzene ring substituents is 1. The number of carbonyl (C=O) groups excluding carboxylic acids is 1. The molecule has 30 heavy (non-hydrogen) atoms. The maximum Gasteiger partial charge on any atom is 0.269 e. The number of thiazole rings is 1. The van der Waals surface area contributed by atoms with Crippen LogP contribution in [0.4, 0.5) is 10.8 Å². The van der Waals surface area contributed by atoms with Crippen molar-refractivity contribution in [2.24, 2.45) is 0 Å². The van der Waals surface area contributed by atoms with E-state index < -0.39 is 4.92 Å². The fourth-order valence-electron chi connectivity index (χ4n) is 2.94. The van der Waals surface area contributed by atoms with Crippen molar-refractivity contribution in [3.05, 3.63) is 69.8 Å². The predicted octanol–water partition coefficient (Wildman–Crippen LogP) is 4.51. The number of fused-ring (bicyclic) bond motifs is 1. The number of rotatable bonds is 8. The van der Waals surface area contributed by atoms with Crippen molar-refractivity contribution < 1.29 is 9.72 Å². The molecule has 0 spiro atoms. The number of aromatic nitrogens is 1. The Morgan fingerprint density at radius 2 is 1.90 bits per heavy atom. The number of nitro benzene ring substituents is 1. The summed E-state index contributed by atoms with van der Waals surface area (Å²) in [6, 6.07) is 12.2. The van der Waals surface area contributed by atoms with Crippen molar-refractivity contribution >= 4 is 44.4 Å². The molecular formula is C22H24N4O3S. The Kier molecular flexibility index (Phi) is 6.91. The number of hydrogen-bond acceptors (Lipinski definition) is 6. The van der Waals surface area contributed by atoms with Crippen LogP contribution in [-0.2, 0) is 4.79 Å². The van der Waals surface area contributed by atoms with Gasteiger partial charge < -0.3 is 4.90 Å². The molecule has 0 unspecified atom stereocenters. The van der Waals surface area contributed by atoms with Crippen molar-refractivity contribution in [1.82, 2.24) is 9.88 Å². The summed E-state index contributed by atoms with van der Waals surface area (Å²) in [4.78, 5) is 31.8. The number of benzene rings is 2. The van der Waals surface area contributed by atoms with Crippen LogP contribution in [0, 0.1) is 17.0 Å². The molecule has 0 aliphatic rings. The molecule has 0 saturated carbocycles. The smallest absolute Gasteiger partial charge is 0.269 e. The predicted molar refractivity (Wildman–Crippen MR) is 122 cm³/mol. The van der Waals surface area contributed by atoms with Crippen LogP contribution >= 0.6 is 11.3 Å². The molecule has 0 bridgehead atoms. The number of nitro groups is 1. The Morgan fingerprint density at radius 3 is 2.57 bits per heavy atom. The first-order chi connectivity index (χ1) is 14.3. The van der Waals surface area contributed by atoms with Gasteiger partial charge in [0.25, 0.3) is 11.6 Å². The van der Waals surface area contributed by atoms with Gasteiger partial charge in [-0.2, -0.15) is 0 Å². The van der Waals surface area contributed by atoms with E-state index in [0.717, 1.165) is 34.3 Å². The molecule has 0 aliphatic carbocycles. The summed E-state index contributed by atoms with van der Waals surface area (Å²) in [6.07, 6.45) is 3.98. The molecule has 1 aromatic heterocycles. The lowest BCUT2D eigenvalue weighted by atomic mass is 10.2. The molecule has 0 fully saturated rings. The molecule has 8 heteroatoms. The SMILES string of the molecule is Cc1ccc2nc(N(CCCN(C)C)C(=O)C=Cc3ccc([N+](=O)[O-])cc3)sc2c1. The van der Waals surface area contributed by atoms with Crippen molar-refractivity contribution in [2.45, 2.75) is 13.3 Å². The van der Waals surface area contributed by atoms with Crippen molar-refractivity contribution in [2.75, 3.05) is 32.1 Å². The van der Waals surface area contributed by atoms with Gasteiger partial charge in [-0.1, -0.05) is 17.4 Å². The largest absolute Gasteiger partial charge is 0.309 e. The van der Waals surface area contributed by atoms with E-state index >= 15 is 0 Å². The molecule has 0 atom stereocenters. The zero-order valence-electron chi connectivity index (χ0n) is 17.2. The lowest BCUT2D eigenvalue weighted by molar-refractivity contribution is -0.384. The number of carbonyl (C=O) groups is 1. The lowest BCUT2D eigenvalue weighted by Crippen LogP contribution is -2.32. The lowest BCUT2D eigenvalue weighted by Gasteiger charge is -2.19. The van der Waals surface area contributed by atoms with Crippen molar-refractivity contribution in [3.8, 4) is 0 Å². The van der Waals surface area contributed by atoms with Gasteiger partial charge in [-0.25, -0.2) is 4.98 Å². The van der Waals surface area contributed by atoms with Gasteiger partial charge in [0, 0.05) is 24.8 Å². The second-order valence-corrected chi connectivity index (χ2v) is 8.31. The molecule has 7 nitrogen and oxygen atoms in total. The van der Waals surface area contributed by atoms with Gasteiger partial charge in [0.1, 0.15) is 0 Å². The van der Waals surface area contributed by atoms with Crippen LogP contribution in [0.2, 0.25) is 0 Å². The first kappa shape index (κ1) is 21.6. The Bertz CT molecular complexity index is 1070. The second-order valence-electron chi connectivity index (χ2n) is 7.30. The maximum absolute atomic E-state index is 13.0. The highest BCUT2D eigenvalue weighted by atomic mass is 32.1. The van der Waals surface area contributed by atoms with E-state index in [1.54, 1.807) is 23.1 Å². The van der Waals surface area contributed by atoms with Crippen LogP contribution in [0.25, 0.3) is 16.3 Å². The Balaban J connectivity index is 1.82. The Labute approximate surface area is 179 Å². The molecule has 156 valence electrons. The maximum atomic E-state index is 13.0. The van der Waals surface area contributed by atoms with Gasteiger partial charge in [0.05, 0.1) is 15.1 Å². The summed E-state index contributed by atoms with van der Waals surface area (Å²) in [6.45, 7) is 3.45.